The molecule has 0 atom stereocenters. The zero-order valence-electron chi connectivity index (χ0n) is 9.74. The summed E-state index contributed by atoms with van der Waals surface area (Å²) in [4.78, 5) is 26.6. The van der Waals surface area contributed by atoms with E-state index < -0.39 is 17.4 Å². The minimum absolute atomic E-state index is 0.00456. The Kier molecular flexibility index (Phi) is 2.33. The third kappa shape index (κ3) is 1.45. The Labute approximate surface area is 107 Å². The topological polar surface area (TPSA) is 101 Å². The fourth-order valence-electron chi connectivity index (χ4n) is 2.19. The number of hydrogen-bond donors (Lipinski definition) is 2. The maximum atomic E-state index is 11.4. The zero-order chi connectivity index (χ0) is 13.6. The number of carboxylic acid groups (broad SMARTS) is 2. The zero-order valence-corrected chi connectivity index (χ0v) is 9.74. The van der Waals surface area contributed by atoms with Crippen molar-refractivity contribution < 1.29 is 24.5 Å². The summed E-state index contributed by atoms with van der Waals surface area (Å²) in [5.74, 6) is -2.05. The molecular weight excluding hydrogens is 252 g/mol. The van der Waals surface area contributed by atoms with Crippen LogP contribution in [0.3, 0.4) is 0 Å². The summed E-state index contributed by atoms with van der Waals surface area (Å²) in [6.07, 6.45) is 1.60. The van der Waals surface area contributed by atoms with Gasteiger partial charge in [-0.2, -0.15) is 0 Å². The molecule has 0 radical (unpaired) electrons. The monoisotopic (exact) mass is 262 g/mol. The van der Waals surface area contributed by atoms with E-state index in [2.05, 4.69) is 4.98 Å². The average molecular weight is 262 g/mol. The molecule has 0 unspecified atom stereocenters. The van der Waals surface area contributed by atoms with E-state index in [1.807, 2.05) is 0 Å². The van der Waals surface area contributed by atoms with E-state index in [9.17, 15) is 14.7 Å². The Morgan fingerprint density at radius 1 is 1.32 bits per heavy atom. The lowest BCUT2D eigenvalue weighted by atomic mass is 9.85. The van der Waals surface area contributed by atoms with E-state index in [0.717, 1.165) is 0 Å². The first-order valence-electron chi connectivity index (χ1n) is 5.58. The molecule has 0 aromatic carbocycles. The first-order valence-corrected chi connectivity index (χ1v) is 5.58. The van der Waals surface area contributed by atoms with Crippen molar-refractivity contribution in [1.29, 1.82) is 0 Å². The van der Waals surface area contributed by atoms with Crippen molar-refractivity contribution >= 4 is 17.5 Å². The summed E-state index contributed by atoms with van der Waals surface area (Å²) in [7, 11) is 0. The van der Waals surface area contributed by atoms with Crippen LogP contribution in [0.15, 0.2) is 24.4 Å². The molecular formula is C12H10N2O5. The van der Waals surface area contributed by atoms with Gasteiger partial charge in [0, 0.05) is 6.20 Å². The molecule has 1 saturated heterocycles. The molecule has 2 aromatic heterocycles. The second-order valence-electron chi connectivity index (χ2n) is 4.43. The van der Waals surface area contributed by atoms with E-state index in [-0.39, 0.29) is 24.7 Å². The van der Waals surface area contributed by atoms with Gasteiger partial charge in [-0.3, -0.25) is 4.79 Å². The van der Waals surface area contributed by atoms with Gasteiger partial charge in [-0.05, 0) is 12.1 Å². The van der Waals surface area contributed by atoms with Crippen LogP contribution < -0.4 is 0 Å². The molecule has 3 heterocycles. The Morgan fingerprint density at radius 2 is 2.05 bits per heavy atom. The van der Waals surface area contributed by atoms with E-state index in [1.165, 1.54) is 4.40 Å². The fourth-order valence-corrected chi connectivity index (χ4v) is 2.19. The lowest BCUT2D eigenvalue weighted by molar-refractivity contribution is -0.164. The Morgan fingerprint density at radius 3 is 2.58 bits per heavy atom. The molecule has 1 fully saturated rings. The molecule has 7 nitrogen and oxygen atoms in total. The summed E-state index contributed by atoms with van der Waals surface area (Å²) in [5.41, 5.74) is -1.04. The maximum Gasteiger partial charge on any atom is 0.356 e. The Hall–Kier alpha value is -2.41. The van der Waals surface area contributed by atoms with Crippen molar-refractivity contribution in [3.8, 4) is 0 Å². The highest BCUT2D eigenvalue weighted by molar-refractivity contribution is 5.94. The number of imidazole rings is 1. The minimum atomic E-state index is -1.27. The second kappa shape index (κ2) is 3.79. The first kappa shape index (κ1) is 11.7. The quantitative estimate of drug-likeness (QED) is 0.829. The molecule has 0 saturated carbocycles. The molecule has 0 aliphatic carbocycles. The predicted molar refractivity (Wildman–Crippen MR) is 62.3 cm³/mol. The largest absolute Gasteiger partial charge is 0.480 e. The normalized spacial score (nSPS) is 17.1. The van der Waals surface area contributed by atoms with E-state index >= 15 is 0 Å². The second-order valence-corrected chi connectivity index (χ2v) is 4.43. The lowest BCUT2D eigenvalue weighted by Gasteiger charge is -2.35. The van der Waals surface area contributed by atoms with Gasteiger partial charge in [-0.1, -0.05) is 6.07 Å². The van der Waals surface area contributed by atoms with Crippen molar-refractivity contribution in [2.24, 2.45) is 0 Å². The maximum absolute atomic E-state index is 11.4. The van der Waals surface area contributed by atoms with Crippen molar-refractivity contribution in [2.45, 2.75) is 5.41 Å². The van der Waals surface area contributed by atoms with Gasteiger partial charge in [-0.15, -0.1) is 0 Å². The number of ether oxygens (including phenoxy) is 1. The fraction of sp³-hybridized carbons (Fsp3) is 0.250. The smallest absolute Gasteiger partial charge is 0.356 e. The van der Waals surface area contributed by atoms with Crippen molar-refractivity contribution in [3.05, 3.63) is 35.9 Å². The van der Waals surface area contributed by atoms with Crippen molar-refractivity contribution in [2.75, 3.05) is 13.2 Å². The average Bonchev–Trinajstić information content (AvgIpc) is 2.68. The third-order valence-corrected chi connectivity index (χ3v) is 3.29. The molecule has 0 amide bonds. The highest BCUT2D eigenvalue weighted by Crippen LogP contribution is 2.33. The predicted octanol–water partition coefficient (Wildman–Crippen LogP) is 0.385. The highest BCUT2D eigenvalue weighted by Gasteiger charge is 2.51. The third-order valence-electron chi connectivity index (χ3n) is 3.29. The highest BCUT2D eigenvalue weighted by atomic mass is 16.5. The standard InChI is InChI=1S/C12H10N2O5/c15-9(16)8-7-3-1-2-4-14(7)10(13-8)12(11(17)18)5-19-6-12/h1-4H,5-6H2,(H,15,16)(H,17,18). The molecule has 0 spiro atoms. The number of aromatic carboxylic acids is 1. The number of pyridine rings is 1. The van der Waals surface area contributed by atoms with Crippen LogP contribution in [-0.2, 0) is 14.9 Å². The number of carboxylic acids is 2. The van der Waals surface area contributed by atoms with Crippen LogP contribution in [0.4, 0.5) is 0 Å². The minimum Gasteiger partial charge on any atom is -0.480 e. The van der Waals surface area contributed by atoms with Gasteiger partial charge < -0.3 is 19.4 Å². The molecule has 0 bridgehead atoms. The molecule has 2 N–H and O–H groups in total. The molecule has 2 aromatic rings. The summed E-state index contributed by atoms with van der Waals surface area (Å²) in [6, 6.07) is 4.96. The first-order chi connectivity index (χ1) is 9.06. The van der Waals surface area contributed by atoms with Crippen LogP contribution in [-0.4, -0.2) is 44.8 Å². The van der Waals surface area contributed by atoms with Gasteiger partial charge in [0.1, 0.15) is 5.82 Å². The van der Waals surface area contributed by atoms with Crippen LogP contribution in [0.1, 0.15) is 16.3 Å². The molecule has 1 aliphatic heterocycles. The Bertz CT molecular complexity index is 686. The SMILES string of the molecule is O=C(O)c1nc(C2(C(=O)O)COC2)n2ccccc12. The van der Waals surface area contributed by atoms with Crippen LogP contribution in [0.5, 0.6) is 0 Å². The van der Waals surface area contributed by atoms with Gasteiger partial charge in [-0.25, -0.2) is 9.78 Å². The van der Waals surface area contributed by atoms with Crippen LogP contribution in [0.25, 0.3) is 5.52 Å². The Balaban J connectivity index is 2.30. The van der Waals surface area contributed by atoms with Crippen molar-refractivity contribution in [3.63, 3.8) is 0 Å². The van der Waals surface area contributed by atoms with Gasteiger partial charge in [0.25, 0.3) is 0 Å². The number of hydrogen-bond acceptors (Lipinski definition) is 4. The van der Waals surface area contributed by atoms with Crippen LogP contribution in [0.2, 0.25) is 0 Å². The number of aromatic nitrogens is 2. The number of rotatable bonds is 3. The summed E-state index contributed by atoms with van der Waals surface area (Å²) >= 11 is 0. The van der Waals surface area contributed by atoms with Crippen molar-refractivity contribution in [1.82, 2.24) is 9.38 Å². The van der Waals surface area contributed by atoms with E-state index in [4.69, 9.17) is 9.84 Å². The molecule has 3 rings (SSSR count). The lowest BCUT2D eigenvalue weighted by Crippen LogP contribution is -2.54. The summed E-state index contributed by atoms with van der Waals surface area (Å²) in [5, 5.41) is 18.5. The van der Waals surface area contributed by atoms with Crippen LogP contribution >= 0.6 is 0 Å². The number of aliphatic carboxylic acids is 1. The number of carbonyl (C=O) groups is 2. The van der Waals surface area contributed by atoms with Gasteiger partial charge in [0.05, 0.1) is 18.7 Å². The molecule has 7 heteroatoms. The summed E-state index contributed by atoms with van der Waals surface area (Å²) in [6.45, 7) is -0.00913. The van der Waals surface area contributed by atoms with Gasteiger partial charge in [0.2, 0.25) is 0 Å². The molecule has 98 valence electrons. The molecule has 19 heavy (non-hydrogen) atoms. The number of nitrogens with zero attached hydrogens (tertiary/aromatic N) is 2. The summed E-state index contributed by atoms with van der Waals surface area (Å²) < 4.78 is 6.49. The number of fused-ring (bicyclic) bond motifs is 1. The van der Waals surface area contributed by atoms with Gasteiger partial charge in [0.15, 0.2) is 11.1 Å². The van der Waals surface area contributed by atoms with E-state index in [1.54, 1.807) is 24.4 Å². The van der Waals surface area contributed by atoms with Crippen LogP contribution in [0, 0.1) is 0 Å². The van der Waals surface area contributed by atoms with Gasteiger partial charge >= 0.3 is 11.9 Å². The van der Waals surface area contributed by atoms with E-state index in [0.29, 0.717) is 5.52 Å². The molecule has 1 aliphatic rings.